The fourth-order valence-electron chi connectivity index (χ4n) is 1.70. The van der Waals surface area contributed by atoms with Crippen LogP contribution in [0.25, 0.3) is 0 Å². The maximum atomic E-state index is 11.9. The summed E-state index contributed by atoms with van der Waals surface area (Å²) in [5.41, 5.74) is 2.96. The summed E-state index contributed by atoms with van der Waals surface area (Å²) in [7, 11) is 0. The van der Waals surface area contributed by atoms with Crippen molar-refractivity contribution in [2.45, 2.75) is 20.8 Å². The lowest BCUT2D eigenvalue weighted by Crippen LogP contribution is -2.07. The molecule has 0 saturated carbocycles. The van der Waals surface area contributed by atoms with Gasteiger partial charge in [-0.2, -0.15) is 4.37 Å². The number of halogens is 1. The number of anilines is 2. The topological polar surface area (TPSA) is 51.2 Å². The highest BCUT2D eigenvalue weighted by atomic mass is 35.5. The molecule has 0 radical (unpaired) electrons. The van der Waals surface area contributed by atoms with E-state index in [1.54, 1.807) is 13.8 Å². The molecule has 106 valence electrons. The third kappa shape index (κ3) is 3.11. The summed E-state index contributed by atoms with van der Waals surface area (Å²) in [4.78, 5) is 11.9. The Labute approximate surface area is 126 Å². The van der Waals surface area contributed by atoms with Gasteiger partial charge in [0.1, 0.15) is 10.6 Å². The third-order valence-corrected chi connectivity index (χ3v) is 4.03. The molecule has 1 heterocycles. The van der Waals surface area contributed by atoms with Crippen molar-refractivity contribution in [1.29, 1.82) is 0 Å². The zero-order valence-corrected chi connectivity index (χ0v) is 13.1. The summed E-state index contributed by atoms with van der Waals surface area (Å²) in [6.07, 6.45) is 0. The zero-order chi connectivity index (χ0) is 14.7. The molecule has 1 aromatic carbocycles. The maximum absolute atomic E-state index is 11.9. The Kier molecular flexibility index (Phi) is 4.62. The molecule has 0 atom stereocenters. The van der Waals surface area contributed by atoms with E-state index in [1.807, 2.05) is 25.1 Å². The van der Waals surface area contributed by atoms with Crippen LogP contribution in [-0.2, 0) is 4.74 Å². The maximum Gasteiger partial charge on any atom is 0.343 e. The summed E-state index contributed by atoms with van der Waals surface area (Å²) in [6.45, 7) is 5.84. The standard InChI is InChI=1S/C14H15ClN2O2S/c1-4-19-14(18)12-9(3)17-20-13(12)16-10-6-5-8(2)11(15)7-10/h5-7,16H,4H2,1-3H3. The van der Waals surface area contributed by atoms with Crippen LogP contribution in [0.2, 0.25) is 5.02 Å². The van der Waals surface area contributed by atoms with Crippen LogP contribution in [0.1, 0.15) is 28.5 Å². The smallest absolute Gasteiger partial charge is 0.343 e. The first-order valence-corrected chi connectivity index (χ1v) is 7.34. The number of nitrogens with one attached hydrogen (secondary N) is 1. The van der Waals surface area contributed by atoms with Gasteiger partial charge in [-0.3, -0.25) is 0 Å². The number of hydrogen-bond donors (Lipinski definition) is 1. The summed E-state index contributed by atoms with van der Waals surface area (Å²) in [5, 5.41) is 4.51. The minimum absolute atomic E-state index is 0.337. The molecule has 0 spiro atoms. The Morgan fingerprint density at radius 3 is 2.85 bits per heavy atom. The molecular formula is C14H15ClN2O2S. The number of hydrogen-bond acceptors (Lipinski definition) is 5. The first-order chi connectivity index (χ1) is 9.52. The third-order valence-electron chi connectivity index (χ3n) is 2.77. The predicted octanol–water partition coefficient (Wildman–Crippen LogP) is 4.33. The molecule has 6 heteroatoms. The summed E-state index contributed by atoms with van der Waals surface area (Å²) in [6, 6.07) is 5.65. The Balaban J connectivity index is 2.29. The van der Waals surface area contributed by atoms with Crippen LogP contribution in [0, 0.1) is 13.8 Å². The van der Waals surface area contributed by atoms with Gasteiger partial charge in [0, 0.05) is 10.7 Å². The molecule has 0 aliphatic rings. The molecule has 0 saturated heterocycles. The average molecular weight is 311 g/mol. The first-order valence-electron chi connectivity index (χ1n) is 6.19. The Morgan fingerprint density at radius 1 is 1.45 bits per heavy atom. The fraction of sp³-hybridized carbons (Fsp3) is 0.286. The van der Waals surface area contributed by atoms with E-state index in [0.29, 0.717) is 27.9 Å². The average Bonchev–Trinajstić information content (AvgIpc) is 2.75. The highest BCUT2D eigenvalue weighted by Crippen LogP contribution is 2.30. The first kappa shape index (κ1) is 14.8. The van der Waals surface area contributed by atoms with E-state index in [1.165, 1.54) is 11.5 Å². The van der Waals surface area contributed by atoms with Crippen molar-refractivity contribution in [3.05, 3.63) is 40.0 Å². The molecule has 4 nitrogen and oxygen atoms in total. The van der Waals surface area contributed by atoms with Crippen molar-refractivity contribution in [2.24, 2.45) is 0 Å². The molecule has 0 aliphatic heterocycles. The number of nitrogens with zero attached hydrogens (tertiary/aromatic N) is 1. The predicted molar refractivity (Wildman–Crippen MR) is 82.3 cm³/mol. The molecule has 0 amide bonds. The van der Waals surface area contributed by atoms with Gasteiger partial charge in [0.2, 0.25) is 0 Å². The number of ether oxygens (including phenoxy) is 1. The molecule has 20 heavy (non-hydrogen) atoms. The number of rotatable bonds is 4. The van der Waals surface area contributed by atoms with Gasteiger partial charge in [0.05, 0.1) is 12.3 Å². The van der Waals surface area contributed by atoms with Crippen molar-refractivity contribution < 1.29 is 9.53 Å². The lowest BCUT2D eigenvalue weighted by atomic mass is 10.2. The molecule has 0 aliphatic carbocycles. The highest BCUT2D eigenvalue weighted by Gasteiger charge is 2.19. The normalized spacial score (nSPS) is 10.4. The van der Waals surface area contributed by atoms with Crippen molar-refractivity contribution in [3.63, 3.8) is 0 Å². The van der Waals surface area contributed by atoms with Crippen LogP contribution in [0.5, 0.6) is 0 Å². The van der Waals surface area contributed by atoms with Gasteiger partial charge < -0.3 is 10.1 Å². The Bertz CT molecular complexity index is 640. The van der Waals surface area contributed by atoms with Crippen LogP contribution in [-0.4, -0.2) is 16.9 Å². The number of aryl methyl sites for hydroxylation is 2. The molecule has 2 aromatic rings. The SMILES string of the molecule is CCOC(=O)c1c(C)nsc1Nc1ccc(C)c(Cl)c1. The highest BCUT2D eigenvalue weighted by molar-refractivity contribution is 7.10. The van der Waals surface area contributed by atoms with Crippen LogP contribution >= 0.6 is 23.1 Å². The monoisotopic (exact) mass is 310 g/mol. The Morgan fingerprint density at radius 2 is 2.20 bits per heavy atom. The van der Waals surface area contributed by atoms with E-state index >= 15 is 0 Å². The fourth-order valence-corrected chi connectivity index (χ4v) is 2.69. The second kappa shape index (κ2) is 6.24. The molecule has 1 N–H and O–H groups in total. The number of aromatic nitrogens is 1. The summed E-state index contributed by atoms with van der Waals surface area (Å²) >= 11 is 7.32. The van der Waals surface area contributed by atoms with Crippen molar-refractivity contribution >= 4 is 39.8 Å². The van der Waals surface area contributed by atoms with Gasteiger partial charge in [0.15, 0.2) is 0 Å². The van der Waals surface area contributed by atoms with Crippen LogP contribution in [0.3, 0.4) is 0 Å². The number of carbonyl (C=O) groups is 1. The van der Waals surface area contributed by atoms with E-state index in [2.05, 4.69) is 9.69 Å². The summed E-state index contributed by atoms with van der Waals surface area (Å²) in [5.74, 6) is -0.362. The number of esters is 1. The van der Waals surface area contributed by atoms with Gasteiger partial charge >= 0.3 is 5.97 Å². The molecule has 2 rings (SSSR count). The molecule has 0 unspecified atom stereocenters. The van der Waals surface area contributed by atoms with Crippen LogP contribution < -0.4 is 5.32 Å². The molecular weight excluding hydrogens is 296 g/mol. The van der Waals surface area contributed by atoms with E-state index in [-0.39, 0.29) is 5.97 Å². The Hall–Kier alpha value is -1.59. The van der Waals surface area contributed by atoms with Crippen molar-refractivity contribution in [2.75, 3.05) is 11.9 Å². The number of benzene rings is 1. The largest absolute Gasteiger partial charge is 0.462 e. The van der Waals surface area contributed by atoms with Gasteiger partial charge in [-0.1, -0.05) is 17.7 Å². The van der Waals surface area contributed by atoms with E-state index in [4.69, 9.17) is 16.3 Å². The van der Waals surface area contributed by atoms with Crippen LogP contribution in [0.4, 0.5) is 10.7 Å². The lowest BCUT2D eigenvalue weighted by molar-refractivity contribution is 0.0527. The molecule has 1 aromatic heterocycles. The van der Waals surface area contributed by atoms with Gasteiger partial charge in [-0.15, -0.1) is 0 Å². The number of carbonyl (C=O) groups excluding carboxylic acids is 1. The van der Waals surface area contributed by atoms with E-state index in [9.17, 15) is 4.79 Å². The quantitative estimate of drug-likeness (QED) is 0.854. The van der Waals surface area contributed by atoms with Gasteiger partial charge in [-0.25, -0.2) is 4.79 Å². The van der Waals surface area contributed by atoms with Crippen LogP contribution in [0.15, 0.2) is 18.2 Å². The minimum atomic E-state index is -0.362. The van der Waals surface area contributed by atoms with Crippen molar-refractivity contribution in [1.82, 2.24) is 4.37 Å². The summed E-state index contributed by atoms with van der Waals surface area (Å²) < 4.78 is 9.25. The lowest BCUT2D eigenvalue weighted by Gasteiger charge is -2.08. The minimum Gasteiger partial charge on any atom is -0.462 e. The molecule has 0 fully saturated rings. The second-order valence-electron chi connectivity index (χ2n) is 4.28. The van der Waals surface area contributed by atoms with Crippen molar-refractivity contribution in [3.8, 4) is 0 Å². The second-order valence-corrected chi connectivity index (χ2v) is 5.46. The van der Waals surface area contributed by atoms with E-state index in [0.717, 1.165) is 11.3 Å². The molecule has 0 bridgehead atoms. The zero-order valence-electron chi connectivity index (χ0n) is 11.5. The van der Waals surface area contributed by atoms with Gasteiger partial charge in [-0.05, 0) is 50.0 Å². The van der Waals surface area contributed by atoms with Gasteiger partial charge in [0.25, 0.3) is 0 Å². The van der Waals surface area contributed by atoms with E-state index < -0.39 is 0 Å².